The summed E-state index contributed by atoms with van der Waals surface area (Å²) in [7, 11) is 0. The minimum atomic E-state index is -0.769. The van der Waals surface area contributed by atoms with E-state index in [-0.39, 0.29) is 17.3 Å². The molecule has 1 amide bonds. The number of halogens is 1. The van der Waals surface area contributed by atoms with Crippen LogP contribution in [0.3, 0.4) is 0 Å². The number of fused-ring (bicyclic) bond motifs is 1. The number of carbonyl (C=O) groups is 2. The van der Waals surface area contributed by atoms with Crippen LogP contribution >= 0.6 is 27.3 Å². The summed E-state index contributed by atoms with van der Waals surface area (Å²) in [5.74, 6) is -1.41. The Bertz CT molecular complexity index is 1280. The lowest BCUT2D eigenvalue weighted by Gasteiger charge is -2.21. The molecular weight excluding hydrogens is 466 g/mol. The molecule has 1 saturated heterocycles. The summed E-state index contributed by atoms with van der Waals surface area (Å²) in [6.07, 6.45) is 0. The second kappa shape index (κ2) is 7.23. The van der Waals surface area contributed by atoms with E-state index in [1.54, 1.807) is 24.3 Å². The number of amides is 1. The van der Waals surface area contributed by atoms with Crippen molar-refractivity contribution in [3.8, 4) is 0 Å². The summed E-state index contributed by atoms with van der Waals surface area (Å²) in [6.45, 7) is 0. The van der Waals surface area contributed by atoms with E-state index in [0.717, 1.165) is 14.9 Å². The number of aromatic amines is 1. The summed E-state index contributed by atoms with van der Waals surface area (Å²) >= 11 is 4.77. The number of nitrogens with one attached hydrogen (secondary N) is 1. The second-order valence-electron chi connectivity index (χ2n) is 6.77. The number of thiophene rings is 1. The van der Waals surface area contributed by atoms with E-state index in [9.17, 15) is 14.7 Å². The van der Waals surface area contributed by atoms with Crippen molar-refractivity contribution < 1.29 is 14.7 Å². The van der Waals surface area contributed by atoms with E-state index in [0.29, 0.717) is 11.1 Å². The van der Waals surface area contributed by atoms with Gasteiger partial charge in [0.15, 0.2) is 0 Å². The third kappa shape index (κ3) is 2.96. The van der Waals surface area contributed by atoms with Crippen molar-refractivity contribution in [2.75, 3.05) is 4.90 Å². The fourth-order valence-corrected chi connectivity index (χ4v) is 4.67. The molecule has 2 aromatic heterocycles. The van der Waals surface area contributed by atoms with Gasteiger partial charge in [-0.3, -0.25) is 14.5 Å². The van der Waals surface area contributed by atoms with Gasteiger partial charge in [-0.2, -0.15) is 0 Å². The molecule has 6 nitrogen and oxygen atoms in total. The third-order valence-corrected chi connectivity index (χ3v) is 6.43. The summed E-state index contributed by atoms with van der Waals surface area (Å²) < 4.78 is 0.844. The van der Waals surface area contributed by atoms with Gasteiger partial charge >= 0.3 is 5.91 Å². The van der Waals surface area contributed by atoms with Gasteiger partial charge in [-0.15, -0.1) is 11.3 Å². The van der Waals surface area contributed by atoms with Crippen molar-refractivity contribution in [3.05, 3.63) is 86.5 Å². The molecule has 2 N–H and O–H groups in total. The lowest BCUT2D eigenvalue weighted by atomic mass is 10.00. The maximum atomic E-state index is 13.1. The number of anilines is 1. The predicted octanol–water partition coefficient (Wildman–Crippen LogP) is 5.01. The summed E-state index contributed by atoms with van der Waals surface area (Å²) in [6, 6.07) is 17.2. The van der Waals surface area contributed by atoms with Gasteiger partial charge in [0, 0.05) is 14.9 Å². The average Bonchev–Trinajstić information content (AvgIpc) is 3.47. The van der Waals surface area contributed by atoms with Gasteiger partial charge in [-0.1, -0.05) is 46.3 Å². The van der Waals surface area contributed by atoms with Crippen molar-refractivity contribution >= 4 is 61.7 Å². The van der Waals surface area contributed by atoms with Crippen molar-refractivity contribution in [1.29, 1.82) is 0 Å². The first-order valence-electron chi connectivity index (χ1n) is 9.09. The first-order chi connectivity index (χ1) is 14.5. The average molecular weight is 480 g/mol. The van der Waals surface area contributed by atoms with Crippen molar-refractivity contribution in [3.63, 3.8) is 0 Å². The molecule has 3 heterocycles. The highest BCUT2D eigenvalue weighted by Crippen LogP contribution is 2.43. The molecule has 5 rings (SSSR count). The van der Waals surface area contributed by atoms with Crippen LogP contribution in [0.2, 0.25) is 0 Å². The number of benzene rings is 2. The van der Waals surface area contributed by atoms with E-state index in [1.165, 1.54) is 16.2 Å². The highest BCUT2D eigenvalue weighted by molar-refractivity contribution is 9.10. The van der Waals surface area contributed by atoms with E-state index >= 15 is 0 Å². The SMILES string of the molecule is O=C1C(=O)N(c2nc3ccccc3[nH]2)C(c2cccs2)/C1=C(\O)c1ccc(Br)cc1. The van der Waals surface area contributed by atoms with Crippen LogP contribution in [0.5, 0.6) is 0 Å². The smallest absolute Gasteiger partial charge is 0.302 e. The Kier molecular flexibility index (Phi) is 4.52. The van der Waals surface area contributed by atoms with Crippen LogP contribution in [0.1, 0.15) is 16.5 Å². The zero-order valence-electron chi connectivity index (χ0n) is 15.4. The Morgan fingerprint density at radius 2 is 1.83 bits per heavy atom. The van der Waals surface area contributed by atoms with Crippen LogP contribution in [0.15, 0.2) is 76.1 Å². The molecule has 2 aromatic carbocycles. The molecule has 1 unspecified atom stereocenters. The molecule has 0 aliphatic carbocycles. The number of ketones is 1. The maximum absolute atomic E-state index is 13.1. The van der Waals surface area contributed by atoms with Crippen LogP contribution in [0.25, 0.3) is 16.8 Å². The molecule has 4 aromatic rings. The molecule has 0 bridgehead atoms. The van der Waals surface area contributed by atoms with Gasteiger partial charge < -0.3 is 10.1 Å². The number of hydrogen-bond acceptors (Lipinski definition) is 5. The zero-order chi connectivity index (χ0) is 20.8. The summed E-state index contributed by atoms with van der Waals surface area (Å²) in [5.41, 5.74) is 1.95. The Balaban J connectivity index is 1.71. The highest BCUT2D eigenvalue weighted by Gasteiger charge is 2.48. The molecule has 0 spiro atoms. The molecule has 0 saturated carbocycles. The van der Waals surface area contributed by atoms with Gasteiger partial charge in [0.25, 0.3) is 5.78 Å². The lowest BCUT2D eigenvalue weighted by Crippen LogP contribution is -2.30. The first kappa shape index (κ1) is 18.8. The molecule has 30 heavy (non-hydrogen) atoms. The second-order valence-corrected chi connectivity index (χ2v) is 8.66. The quantitative estimate of drug-likeness (QED) is 0.245. The van der Waals surface area contributed by atoms with Crippen molar-refractivity contribution in [2.45, 2.75) is 6.04 Å². The predicted molar refractivity (Wildman–Crippen MR) is 119 cm³/mol. The van der Waals surface area contributed by atoms with E-state index in [1.807, 2.05) is 41.8 Å². The number of imidazole rings is 1. The van der Waals surface area contributed by atoms with Crippen LogP contribution in [-0.4, -0.2) is 26.8 Å². The number of aliphatic hydroxyl groups is 1. The number of rotatable bonds is 3. The standard InChI is InChI=1S/C22H14BrN3O3S/c23-13-9-7-12(8-10-13)19(27)17-18(16-6-3-11-30-16)26(21(29)20(17)28)22-24-14-4-1-2-5-15(14)25-22/h1-11,18,27H,(H,24,25)/b19-17+. The van der Waals surface area contributed by atoms with Gasteiger partial charge in [-0.25, -0.2) is 4.98 Å². The number of Topliss-reactive ketones (excluding diaryl/α,β-unsaturated/α-hetero) is 1. The van der Waals surface area contributed by atoms with Gasteiger partial charge in [0.1, 0.15) is 11.8 Å². The fraction of sp³-hybridized carbons (Fsp3) is 0.0455. The minimum Gasteiger partial charge on any atom is -0.507 e. The Hall–Kier alpha value is -3.23. The number of aromatic nitrogens is 2. The third-order valence-electron chi connectivity index (χ3n) is 4.98. The number of H-pyrrole nitrogens is 1. The summed E-state index contributed by atoms with van der Waals surface area (Å²) in [5, 5.41) is 12.9. The largest absolute Gasteiger partial charge is 0.507 e. The zero-order valence-corrected chi connectivity index (χ0v) is 17.8. The molecule has 1 fully saturated rings. The number of carbonyl (C=O) groups excluding carboxylic acids is 2. The normalized spacial score (nSPS) is 18.4. The monoisotopic (exact) mass is 479 g/mol. The number of hydrogen-bond donors (Lipinski definition) is 2. The van der Waals surface area contributed by atoms with Crippen molar-refractivity contribution in [2.24, 2.45) is 0 Å². The molecule has 1 aliphatic heterocycles. The highest BCUT2D eigenvalue weighted by atomic mass is 79.9. The van der Waals surface area contributed by atoms with Crippen molar-refractivity contribution in [1.82, 2.24) is 9.97 Å². The Labute approximate surface area is 183 Å². The van der Waals surface area contributed by atoms with Gasteiger partial charge in [0.05, 0.1) is 16.6 Å². The molecule has 1 atom stereocenters. The molecule has 148 valence electrons. The minimum absolute atomic E-state index is 0.0465. The van der Waals surface area contributed by atoms with Crippen LogP contribution < -0.4 is 4.90 Å². The van der Waals surface area contributed by atoms with Gasteiger partial charge in [0.2, 0.25) is 5.95 Å². The van der Waals surface area contributed by atoms with E-state index < -0.39 is 17.7 Å². The fourth-order valence-electron chi connectivity index (χ4n) is 3.58. The maximum Gasteiger partial charge on any atom is 0.302 e. The molecule has 0 radical (unpaired) electrons. The van der Waals surface area contributed by atoms with Crippen LogP contribution in [-0.2, 0) is 9.59 Å². The van der Waals surface area contributed by atoms with Gasteiger partial charge in [-0.05, 0) is 35.7 Å². The molecule has 8 heteroatoms. The Morgan fingerprint density at radius 1 is 1.07 bits per heavy atom. The van der Waals surface area contributed by atoms with Crippen LogP contribution in [0.4, 0.5) is 5.95 Å². The summed E-state index contributed by atoms with van der Waals surface area (Å²) in [4.78, 5) is 35.8. The lowest BCUT2D eigenvalue weighted by molar-refractivity contribution is -0.132. The molecule has 1 aliphatic rings. The van der Waals surface area contributed by atoms with Crippen LogP contribution in [0, 0.1) is 0 Å². The Morgan fingerprint density at radius 3 is 2.53 bits per heavy atom. The number of aliphatic hydroxyl groups excluding tert-OH is 1. The van der Waals surface area contributed by atoms with E-state index in [4.69, 9.17) is 0 Å². The topological polar surface area (TPSA) is 86.3 Å². The first-order valence-corrected chi connectivity index (χ1v) is 10.8. The molecular formula is C22H14BrN3O3S. The number of para-hydroxylation sites is 2. The number of nitrogens with zero attached hydrogens (tertiary/aromatic N) is 2. The van der Waals surface area contributed by atoms with E-state index in [2.05, 4.69) is 25.9 Å².